The molecule has 0 unspecified atom stereocenters. The number of carbonyl (C=O) groups is 3. The number of halogens is 3. The number of anilines is 1. The van der Waals surface area contributed by atoms with E-state index in [1.54, 1.807) is 42.6 Å². The molecular formula is C28H20Cl2FN3O3S. The van der Waals surface area contributed by atoms with Crippen LogP contribution in [0.2, 0.25) is 10.0 Å². The van der Waals surface area contributed by atoms with Crippen LogP contribution in [-0.2, 0) is 16.1 Å². The van der Waals surface area contributed by atoms with Gasteiger partial charge >= 0.3 is 0 Å². The summed E-state index contributed by atoms with van der Waals surface area (Å²) in [5, 5.41) is 3.75. The van der Waals surface area contributed by atoms with Crippen molar-refractivity contribution in [3.8, 4) is 0 Å². The summed E-state index contributed by atoms with van der Waals surface area (Å²) in [7, 11) is 0. The first-order valence-corrected chi connectivity index (χ1v) is 13.1. The third-order valence-electron chi connectivity index (χ3n) is 6.15. The lowest BCUT2D eigenvalue weighted by Gasteiger charge is -2.13. The van der Waals surface area contributed by atoms with E-state index in [1.807, 2.05) is 35.8 Å². The Labute approximate surface area is 232 Å². The lowest BCUT2D eigenvalue weighted by Crippen LogP contribution is -2.36. The van der Waals surface area contributed by atoms with Crippen molar-refractivity contribution in [1.82, 2.24) is 9.47 Å². The quantitative estimate of drug-likeness (QED) is 0.252. The SMILES string of the molecule is Cc1ccc(Cl)cc1NC(=O)CN1C(=O)S/C(=C/c2cn(Cc3c(F)cccc3Cl)c3ccccc23)C1=O. The van der Waals surface area contributed by atoms with Gasteiger partial charge in [-0.1, -0.05) is 53.5 Å². The van der Waals surface area contributed by atoms with Crippen LogP contribution >= 0.6 is 35.0 Å². The maximum absolute atomic E-state index is 14.5. The predicted molar refractivity (Wildman–Crippen MR) is 150 cm³/mol. The highest BCUT2D eigenvalue weighted by molar-refractivity contribution is 8.18. The van der Waals surface area contributed by atoms with Gasteiger partial charge in [-0.25, -0.2) is 4.39 Å². The molecule has 0 spiro atoms. The number of aromatic nitrogens is 1. The second-order valence-corrected chi connectivity index (χ2v) is 10.5. The monoisotopic (exact) mass is 567 g/mol. The highest BCUT2D eigenvalue weighted by Gasteiger charge is 2.36. The summed E-state index contributed by atoms with van der Waals surface area (Å²) in [6, 6.07) is 17.1. The van der Waals surface area contributed by atoms with Gasteiger partial charge in [-0.2, -0.15) is 0 Å². The molecule has 2 heterocycles. The summed E-state index contributed by atoms with van der Waals surface area (Å²) in [6.45, 7) is 1.57. The number of imide groups is 1. The molecule has 1 fully saturated rings. The molecule has 0 saturated carbocycles. The zero-order valence-electron chi connectivity index (χ0n) is 20.0. The van der Waals surface area contributed by atoms with E-state index < -0.39 is 29.4 Å². The van der Waals surface area contributed by atoms with Gasteiger partial charge in [-0.05, 0) is 60.7 Å². The van der Waals surface area contributed by atoms with Gasteiger partial charge in [0.05, 0.1) is 11.4 Å². The van der Waals surface area contributed by atoms with Crippen molar-refractivity contribution in [2.75, 3.05) is 11.9 Å². The van der Waals surface area contributed by atoms with Gasteiger partial charge in [0.1, 0.15) is 12.4 Å². The molecule has 3 aromatic carbocycles. The molecule has 1 aromatic heterocycles. The van der Waals surface area contributed by atoms with Crippen molar-refractivity contribution in [2.24, 2.45) is 0 Å². The summed E-state index contributed by atoms with van der Waals surface area (Å²) in [4.78, 5) is 39.5. The Balaban J connectivity index is 1.40. The van der Waals surface area contributed by atoms with Crippen LogP contribution in [0.1, 0.15) is 16.7 Å². The molecule has 3 amide bonds. The van der Waals surface area contributed by atoms with Crippen LogP contribution < -0.4 is 5.32 Å². The summed E-state index contributed by atoms with van der Waals surface area (Å²) in [5.41, 5.74) is 3.14. The van der Waals surface area contributed by atoms with Crippen LogP contribution in [0.4, 0.5) is 14.9 Å². The minimum atomic E-state index is -0.563. The van der Waals surface area contributed by atoms with Gasteiger partial charge in [-0.3, -0.25) is 19.3 Å². The van der Waals surface area contributed by atoms with E-state index in [1.165, 1.54) is 6.07 Å². The number of benzene rings is 3. The molecule has 5 rings (SSSR count). The van der Waals surface area contributed by atoms with E-state index in [0.29, 0.717) is 26.9 Å². The number of hydrogen-bond acceptors (Lipinski definition) is 4. The number of nitrogens with zero attached hydrogens (tertiary/aromatic N) is 2. The van der Waals surface area contributed by atoms with E-state index in [0.717, 1.165) is 33.1 Å². The minimum Gasteiger partial charge on any atom is -0.342 e. The second-order valence-electron chi connectivity index (χ2n) is 8.70. The van der Waals surface area contributed by atoms with Crippen molar-refractivity contribution in [2.45, 2.75) is 13.5 Å². The number of para-hydroxylation sites is 1. The van der Waals surface area contributed by atoms with Crippen molar-refractivity contribution in [3.63, 3.8) is 0 Å². The number of nitrogens with one attached hydrogen (secondary N) is 1. The van der Waals surface area contributed by atoms with E-state index >= 15 is 0 Å². The summed E-state index contributed by atoms with van der Waals surface area (Å²) < 4.78 is 16.3. The Hall–Kier alpha value is -3.59. The Morgan fingerprint density at radius 2 is 1.87 bits per heavy atom. The van der Waals surface area contributed by atoms with Gasteiger partial charge in [0.25, 0.3) is 11.1 Å². The van der Waals surface area contributed by atoms with E-state index in [-0.39, 0.29) is 11.4 Å². The Kier molecular flexibility index (Phi) is 7.29. The molecule has 10 heteroatoms. The number of carbonyl (C=O) groups excluding carboxylic acids is 3. The number of hydrogen-bond donors (Lipinski definition) is 1. The lowest BCUT2D eigenvalue weighted by atomic mass is 10.1. The average Bonchev–Trinajstić information content (AvgIpc) is 3.35. The van der Waals surface area contributed by atoms with Crippen molar-refractivity contribution >= 4 is 74.7 Å². The fourth-order valence-electron chi connectivity index (χ4n) is 4.21. The van der Waals surface area contributed by atoms with Crippen LogP contribution in [0.25, 0.3) is 17.0 Å². The second kappa shape index (κ2) is 10.6. The van der Waals surface area contributed by atoms with Crippen molar-refractivity contribution in [3.05, 3.63) is 104 Å². The molecule has 1 aliphatic rings. The third kappa shape index (κ3) is 5.20. The summed E-state index contributed by atoms with van der Waals surface area (Å²) in [6.07, 6.45) is 3.40. The fraction of sp³-hybridized carbons (Fsp3) is 0.107. The first-order chi connectivity index (χ1) is 18.2. The van der Waals surface area contributed by atoms with E-state index in [9.17, 15) is 18.8 Å². The Morgan fingerprint density at radius 3 is 2.66 bits per heavy atom. The maximum Gasteiger partial charge on any atom is 0.294 e. The van der Waals surface area contributed by atoms with E-state index in [2.05, 4.69) is 5.32 Å². The molecule has 0 radical (unpaired) electrons. The third-order valence-corrected chi connectivity index (χ3v) is 7.64. The average molecular weight is 568 g/mol. The molecule has 38 heavy (non-hydrogen) atoms. The number of amides is 3. The zero-order valence-corrected chi connectivity index (χ0v) is 22.3. The maximum atomic E-state index is 14.5. The number of fused-ring (bicyclic) bond motifs is 1. The normalized spacial score (nSPS) is 14.6. The number of rotatable bonds is 6. The van der Waals surface area contributed by atoms with Crippen LogP contribution in [-0.4, -0.2) is 33.1 Å². The van der Waals surface area contributed by atoms with Gasteiger partial charge in [-0.15, -0.1) is 0 Å². The van der Waals surface area contributed by atoms with E-state index in [4.69, 9.17) is 23.2 Å². The predicted octanol–water partition coefficient (Wildman–Crippen LogP) is 7.12. The molecular weight excluding hydrogens is 548 g/mol. The van der Waals surface area contributed by atoms with Crippen molar-refractivity contribution < 1.29 is 18.8 Å². The molecule has 0 aliphatic carbocycles. The van der Waals surface area contributed by atoms with Crippen molar-refractivity contribution in [1.29, 1.82) is 0 Å². The summed E-state index contributed by atoms with van der Waals surface area (Å²) in [5.74, 6) is -1.49. The fourth-order valence-corrected chi connectivity index (χ4v) is 5.44. The highest BCUT2D eigenvalue weighted by atomic mass is 35.5. The molecule has 4 aromatic rings. The smallest absolute Gasteiger partial charge is 0.294 e. The molecule has 6 nitrogen and oxygen atoms in total. The van der Waals surface area contributed by atoms with Crippen LogP contribution in [0.15, 0.2) is 71.8 Å². The molecule has 1 aliphatic heterocycles. The van der Waals surface area contributed by atoms with Crippen LogP contribution in [0, 0.1) is 12.7 Å². The number of aryl methyl sites for hydroxylation is 1. The minimum absolute atomic E-state index is 0.185. The molecule has 0 atom stereocenters. The molecule has 192 valence electrons. The van der Waals surface area contributed by atoms with Gasteiger partial charge in [0.15, 0.2) is 0 Å². The van der Waals surface area contributed by atoms with Crippen LogP contribution in [0.3, 0.4) is 0 Å². The molecule has 1 N–H and O–H groups in total. The first-order valence-electron chi connectivity index (χ1n) is 11.5. The lowest BCUT2D eigenvalue weighted by molar-refractivity contribution is -0.127. The van der Waals surface area contributed by atoms with Gasteiger partial charge < -0.3 is 9.88 Å². The first kappa shape index (κ1) is 26.0. The number of thioether (sulfide) groups is 1. The highest BCUT2D eigenvalue weighted by Crippen LogP contribution is 2.34. The Morgan fingerprint density at radius 1 is 1.08 bits per heavy atom. The van der Waals surface area contributed by atoms with Gasteiger partial charge in [0.2, 0.25) is 5.91 Å². The van der Waals surface area contributed by atoms with Gasteiger partial charge in [0, 0.05) is 44.0 Å². The topological polar surface area (TPSA) is 71.4 Å². The largest absolute Gasteiger partial charge is 0.342 e. The Bertz CT molecular complexity index is 1630. The summed E-state index contributed by atoms with van der Waals surface area (Å²) >= 11 is 13.0. The molecule has 0 bridgehead atoms. The molecule has 1 saturated heterocycles. The van der Waals surface area contributed by atoms with Crippen LogP contribution in [0.5, 0.6) is 0 Å². The standard InChI is InChI=1S/C28H20Cl2FN3O3S/c1-16-9-10-18(29)12-23(16)32-26(35)15-34-27(36)25(38-28(34)37)11-17-13-33(24-8-3-2-5-19(17)24)14-20-21(30)6-4-7-22(20)31/h2-13H,14-15H2,1H3,(H,32,35)/b25-11+. The zero-order chi connectivity index (χ0) is 27.0.